The molecule has 1 aliphatic rings. The number of halogens is 3. The number of fused-ring (bicyclic) bond motifs is 2. The molecule has 0 radical (unpaired) electrons. The number of aromatic nitrogens is 3. The first-order valence-corrected chi connectivity index (χ1v) is 10.6. The number of hydrogen-bond acceptors (Lipinski definition) is 5. The average Bonchev–Trinajstić information content (AvgIpc) is 3.25. The molecule has 0 aliphatic carbocycles. The lowest BCUT2D eigenvalue weighted by Crippen LogP contribution is -2.49. The van der Waals surface area contributed by atoms with Gasteiger partial charge in [0, 0.05) is 17.8 Å². The standard InChI is InChI=1S/C25H18F3N5O2/c1-24(2)14-33(19-8-3-15(10-29)9-21(19)35-24)23(34)18-13-32-20(11-31-22(32)12-30-18)16-4-6-17(7-5-16)25(26,27)28/h3-9,11-13H,14H2,1-2H3. The number of nitrogens with zero attached hydrogens (tertiary/aromatic N) is 5. The summed E-state index contributed by atoms with van der Waals surface area (Å²) in [4.78, 5) is 23.6. The van der Waals surface area contributed by atoms with Gasteiger partial charge in [-0.2, -0.15) is 18.4 Å². The molecule has 5 rings (SSSR count). The molecule has 176 valence electrons. The molecule has 1 aliphatic heterocycles. The van der Waals surface area contributed by atoms with Gasteiger partial charge in [-0.05, 0) is 38.1 Å². The summed E-state index contributed by atoms with van der Waals surface area (Å²) < 4.78 is 46.4. The van der Waals surface area contributed by atoms with Crippen LogP contribution in [0.5, 0.6) is 5.75 Å². The largest absolute Gasteiger partial charge is 0.484 e. The fraction of sp³-hybridized carbons (Fsp3) is 0.200. The number of ether oxygens (including phenoxy) is 1. The number of nitriles is 1. The number of hydrogen-bond donors (Lipinski definition) is 0. The molecule has 10 heteroatoms. The third-order valence-corrected chi connectivity index (χ3v) is 5.67. The van der Waals surface area contributed by atoms with E-state index in [1.54, 1.807) is 27.5 Å². The maximum atomic E-state index is 13.6. The van der Waals surface area contributed by atoms with Crippen LogP contribution >= 0.6 is 0 Å². The fourth-order valence-corrected chi connectivity index (χ4v) is 4.05. The van der Waals surface area contributed by atoms with Gasteiger partial charge < -0.3 is 4.74 Å². The van der Waals surface area contributed by atoms with E-state index in [1.165, 1.54) is 30.7 Å². The van der Waals surface area contributed by atoms with E-state index < -0.39 is 17.3 Å². The van der Waals surface area contributed by atoms with Crippen molar-refractivity contribution in [3.63, 3.8) is 0 Å². The van der Waals surface area contributed by atoms with Crippen molar-refractivity contribution in [2.75, 3.05) is 11.4 Å². The number of benzene rings is 2. The van der Waals surface area contributed by atoms with Crippen molar-refractivity contribution in [2.24, 2.45) is 0 Å². The second-order valence-corrected chi connectivity index (χ2v) is 8.77. The van der Waals surface area contributed by atoms with Gasteiger partial charge >= 0.3 is 6.18 Å². The molecule has 4 aromatic rings. The van der Waals surface area contributed by atoms with Crippen molar-refractivity contribution in [2.45, 2.75) is 25.6 Å². The van der Waals surface area contributed by atoms with Gasteiger partial charge in [0.2, 0.25) is 0 Å². The summed E-state index contributed by atoms with van der Waals surface area (Å²) in [5.74, 6) is 0.0316. The summed E-state index contributed by atoms with van der Waals surface area (Å²) in [5.41, 5.74) is 1.07. The average molecular weight is 477 g/mol. The van der Waals surface area contributed by atoms with Gasteiger partial charge in [-0.15, -0.1) is 0 Å². The Balaban J connectivity index is 1.54. The second kappa shape index (κ2) is 7.84. The lowest BCUT2D eigenvalue weighted by molar-refractivity contribution is -0.137. The summed E-state index contributed by atoms with van der Waals surface area (Å²) >= 11 is 0. The first-order chi connectivity index (χ1) is 16.6. The number of carbonyl (C=O) groups excluding carboxylic acids is 1. The Hall–Kier alpha value is -4.39. The van der Waals surface area contributed by atoms with E-state index in [1.807, 2.05) is 13.8 Å². The summed E-state index contributed by atoms with van der Waals surface area (Å²) in [6, 6.07) is 11.6. The molecule has 0 fully saturated rings. The van der Waals surface area contributed by atoms with E-state index in [2.05, 4.69) is 16.0 Å². The summed E-state index contributed by atoms with van der Waals surface area (Å²) in [5, 5.41) is 9.22. The van der Waals surface area contributed by atoms with Crippen LogP contribution in [0.1, 0.15) is 35.5 Å². The highest BCUT2D eigenvalue weighted by molar-refractivity contribution is 6.06. The first-order valence-electron chi connectivity index (χ1n) is 10.6. The van der Waals surface area contributed by atoms with E-state index in [-0.39, 0.29) is 18.1 Å². The molecule has 2 aromatic carbocycles. The van der Waals surface area contributed by atoms with E-state index in [4.69, 9.17) is 4.74 Å². The minimum absolute atomic E-state index is 0.122. The van der Waals surface area contributed by atoms with Crippen molar-refractivity contribution in [3.05, 3.63) is 77.9 Å². The molecule has 0 saturated heterocycles. The second-order valence-electron chi connectivity index (χ2n) is 8.77. The number of amides is 1. The Kier molecular flexibility index (Phi) is 5.02. The zero-order chi connectivity index (χ0) is 25.0. The quantitative estimate of drug-likeness (QED) is 0.401. The predicted molar refractivity (Wildman–Crippen MR) is 121 cm³/mol. The highest BCUT2D eigenvalue weighted by Gasteiger charge is 2.36. The molecule has 0 N–H and O–H groups in total. The van der Waals surface area contributed by atoms with Crippen molar-refractivity contribution >= 4 is 17.2 Å². The van der Waals surface area contributed by atoms with Gasteiger partial charge in [0.25, 0.3) is 5.91 Å². The Morgan fingerprint density at radius 3 is 2.54 bits per heavy atom. The van der Waals surface area contributed by atoms with E-state index >= 15 is 0 Å². The molecule has 0 saturated carbocycles. The van der Waals surface area contributed by atoms with Crippen LogP contribution in [0.15, 0.2) is 61.1 Å². The van der Waals surface area contributed by atoms with Gasteiger partial charge in [0.15, 0.2) is 5.65 Å². The smallest absolute Gasteiger partial charge is 0.416 e. The summed E-state index contributed by atoms with van der Waals surface area (Å²) in [6.07, 6.45) is 0.0394. The van der Waals surface area contributed by atoms with Crippen molar-refractivity contribution in [1.29, 1.82) is 5.26 Å². The number of rotatable bonds is 2. The third kappa shape index (κ3) is 4.05. The van der Waals surface area contributed by atoms with Crippen LogP contribution in [0.25, 0.3) is 16.9 Å². The maximum absolute atomic E-state index is 13.6. The van der Waals surface area contributed by atoms with Gasteiger partial charge in [0.1, 0.15) is 17.0 Å². The van der Waals surface area contributed by atoms with Gasteiger partial charge in [0.05, 0.1) is 47.5 Å². The number of anilines is 1. The Morgan fingerprint density at radius 2 is 1.86 bits per heavy atom. The number of alkyl halides is 3. The van der Waals surface area contributed by atoms with E-state index in [9.17, 15) is 23.2 Å². The molecule has 0 atom stereocenters. The highest BCUT2D eigenvalue weighted by Crippen LogP contribution is 2.38. The molecule has 35 heavy (non-hydrogen) atoms. The molecule has 7 nitrogen and oxygen atoms in total. The van der Waals surface area contributed by atoms with Crippen LogP contribution in [0.2, 0.25) is 0 Å². The van der Waals surface area contributed by atoms with Crippen LogP contribution in [0, 0.1) is 11.3 Å². The normalized spacial score (nSPS) is 14.8. The minimum Gasteiger partial charge on any atom is -0.484 e. The van der Waals surface area contributed by atoms with Crippen LogP contribution in [-0.2, 0) is 6.18 Å². The van der Waals surface area contributed by atoms with Crippen LogP contribution < -0.4 is 9.64 Å². The topological polar surface area (TPSA) is 83.5 Å². The zero-order valence-electron chi connectivity index (χ0n) is 18.7. The zero-order valence-corrected chi connectivity index (χ0v) is 18.7. The predicted octanol–water partition coefficient (Wildman–Crippen LogP) is 5.10. The molecule has 0 bridgehead atoms. The lowest BCUT2D eigenvalue weighted by atomic mass is 10.0. The molecule has 2 aromatic heterocycles. The monoisotopic (exact) mass is 477 g/mol. The molecule has 1 amide bonds. The minimum atomic E-state index is -4.43. The number of carbonyl (C=O) groups is 1. The Morgan fingerprint density at radius 1 is 1.11 bits per heavy atom. The lowest BCUT2D eigenvalue weighted by Gasteiger charge is -2.39. The highest BCUT2D eigenvalue weighted by atomic mass is 19.4. The van der Waals surface area contributed by atoms with E-state index in [0.717, 1.165) is 12.1 Å². The van der Waals surface area contributed by atoms with Crippen molar-refractivity contribution in [1.82, 2.24) is 14.4 Å². The maximum Gasteiger partial charge on any atom is 0.416 e. The Bertz CT molecular complexity index is 1500. The molecule has 0 spiro atoms. The van der Waals surface area contributed by atoms with Crippen molar-refractivity contribution < 1.29 is 22.7 Å². The molecule has 0 unspecified atom stereocenters. The van der Waals surface area contributed by atoms with Gasteiger partial charge in [-0.25, -0.2) is 9.97 Å². The summed E-state index contributed by atoms with van der Waals surface area (Å²) in [7, 11) is 0. The fourth-order valence-electron chi connectivity index (χ4n) is 4.05. The van der Waals surface area contributed by atoms with Crippen LogP contribution in [-0.4, -0.2) is 32.4 Å². The molecule has 3 heterocycles. The van der Waals surface area contributed by atoms with Crippen LogP contribution in [0.3, 0.4) is 0 Å². The number of imidazole rings is 1. The Labute approximate surface area is 198 Å². The first kappa shape index (κ1) is 22.4. The van der Waals surface area contributed by atoms with Crippen molar-refractivity contribution in [3.8, 4) is 23.1 Å². The third-order valence-electron chi connectivity index (χ3n) is 5.67. The van der Waals surface area contributed by atoms with Gasteiger partial charge in [-0.1, -0.05) is 12.1 Å². The molecular weight excluding hydrogens is 459 g/mol. The van der Waals surface area contributed by atoms with Crippen LogP contribution in [0.4, 0.5) is 18.9 Å². The van der Waals surface area contributed by atoms with Gasteiger partial charge in [-0.3, -0.25) is 14.1 Å². The van der Waals surface area contributed by atoms with E-state index in [0.29, 0.717) is 33.9 Å². The summed E-state index contributed by atoms with van der Waals surface area (Å²) in [6.45, 7) is 3.93. The SMILES string of the molecule is CC1(C)CN(C(=O)c2cn3c(-c4ccc(C(F)(F)F)cc4)cnc3cn2)c2ccc(C#N)cc2O1. The molecular formula is C25H18F3N5O2.